The molecule has 9 heteroatoms. The number of aryl methyl sites for hydroxylation is 2. The number of nitrogens with zero attached hydrogens (tertiary/aromatic N) is 7. The Morgan fingerprint density at radius 3 is 2.78 bits per heavy atom. The van der Waals surface area contributed by atoms with Crippen LogP contribution in [0.25, 0.3) is 5.65 Å². The Morgan fingerprint density at radius 2 is 1.94 bits per heavy atom. The third-order valence-electron chi connectivity index (χ3n) is 7.26. The number of rotatable bonds is 3. The zero-order valence-electron chi connectivity index (χ0n) is 20.8. The highest BCUT2D eigenvalue weighted by atomic mass is 16.5. The lowest BCUT2D eigenvalue weighted by molar-refractivity contribution is 0.0395. The van der Waals surface area contributed by atoms with Gasteiger partial charge < -0.3 is 14.5 Å². The van der Waals surface area contributed by atoms with Crippen LogP contribution in [0.4, 0.5) is 11.5 Å². The largest absolute Gasteiger partial charge is 0.370 e. The van der Waals surface area contributed by atoms with Crippen LogP contribution in [-0.2, 0) is 17.7 Å². The van der Waals surface area contributed by atoms with Gasteiger partial charge in [0.05, 0.1) is 18.5 Å². The highest BCUT2D eigenvalue weighted by Crippen LogP contribution is 2.31. The van der Waals surface area contributed by atoms with Crippen LogP contribution in [0.2, 0.25) is 0 Å². The number of ether oxygens (including phenoxy) is 1. The molecule has 1 unspecified atom stereocenters. The van der Waals surface area contributed by atoms with E-state index < -0.39 is 0 Å². The summed E-state index contributed by atoms with van der Waals surface area (Å²) >= 11 is 0. The fraction of sp³-hybridized carbons (Fsp3) is 0.370. The molecule has 1 atom stereocenters. The normalized spacial score (nSPS) is 17.9. The SMILES string of the molecule is Cc1cc(=O)n2nc(N3CCc4ncc(N5CCOC(c6cccnc6)C5)cc4C3)c(C)c(C)c2n1. The number of anilines is 2. The van der Waals surface area contributed by atoms with Crippen molar-refractivity contribution in [3.8, 4) is 0 Å². The summed E-state index contributed by atoms with van der Waals surface area (Å²) in [5.41, 5.74) is 7.71. The van der Waals surface area contributed by atoms with Gasteiger partial charge in [-0.05, 0) is 38.5 Å². The number of hydrogen-bond acceptors (Lipinski definition) is 8. The summed E-state index contributed by atoms with van der Waals surface area (Å²) in [5, 5.41) is 4.74. The molecular weight excluding hydrogens is 454 g/mol. The first kappa shape index (κ1) is 22.6. The van der Waals surface area contributed by atoms with Crippen molar-refractivity contribution in [2.24, 2.45) is 0 Å². The minimum absolute atomic E-state index is 0.0111. The van der Waals surface area contributed by atoms with E-state index in [0.29, 0.717) is 24.5 Å². The number of pyridine rings is 2. The van der Waals surface area contributed by atoms with Crippen LogP contribution in [-0.4, -0.2) is 50.8 Å². The molecule has 1 saturated heterocycles. The van der Waals surface area contributed by atoms with E-state index in [1.165, 1.54) is 16.1 Å². The van der Waals surface area contributed by atoms with Crippen LogP contribution in [0.15, 0.2) is 47.7 Å². The van der Waals surface area contributed by atoms with Crippen molar-refractivity contribution in [3.05, 3.63) is 86.9 Å². The van der Waals surface area contributed by atoms with Gasteiger partial charge in [0, 0.05) is 79.1 Å². The third-order valence-corrected chi connectivity index (χ3v) is 7.26. The molecule has 0 bridgehead atoms. The molecule has 0 aliphatic carbocycles. The van der Waals surface area contributed by atoms with Crippen molar-refractivity contribution in [2.45, 2.75) is 39.8 Å². The van der Waals surface area contributed by atoms with Crippen LogP contribution in [0, 0.1) is 20.8 Å². The molecule has 4 aromatic heterocycles. The van der Waals surface area contributed by atoms with Gasteiger partial charge in [-0.15, -0.1) is 5.10 Å². The van der Waals surface area contributed by atoms with Crippen LogP contribution in [0.5, 0.6) is 0 Å². The zero-order valence-corrected chi connectivity index (χ0v) is 20.8. The molecule has 184 valence electrons. The van der Waals surface area contributed by atoms with E-state index in [-0.39, 0.29) is 11.7 Å². The molecule has 36 heavy (non-hydrogen) atoms. The van der Waals surface area contributed by atoms with E-state index in [0.717, 1.165) is 59.9 Å². The quantitative estimate of drug-likeness (QED) is 0.440. The van der Waals surface area contributed by atoms with Crippen molar-refractivity contribution in [1.82, 2.24) is 24.6 Å². The second-order valence-corrected chi connectivity index (χ2v) is 9.61. The Labute approximate surface area is 209 Å². The average molecular weight is 484 g/mol. The summed E-state index contributed by atoms with van der Waals surface area (Å²) in [6.45, 7) is 9.63. The highest BCUT2D eigenvalue weighted by molar-refractivity contribution is 5.60. The molecule has 6 heterocycles. The smallest absolute Gasteiger partial charge is 0.274 e. The van der Waals surface area contributed by atoms with Gasteiger partial charge in [0.1, 0.15) is 6.10 Å². The predicted octanol–water partition coefficient (Wildman–Crippen LogP) is 2.95. The second-order valence-electron chi connectivity index (χ2n) is 9.61. The van der Waals surface area contributed by atoms with E-state index in [9.17, 15) is 4.79 Å². The van der Waals surface area contributed by atoms with Gasteiger partial charge in [0.25, 0.3) is 5.56 Å². The van der Waals surface area contributed by atoms with Crippen LogP contribution in [0.1, 0.15) is 39.7 Å². The molecular formula is C27H29N7O2. The van der Waals surface area contributed by atoms with Gasteiger partial charge in [-0.25, -0.2) is 4.98 Å². The van der Waals surface area contributed by atoms with Gasteiger partial charge >= 0.3 is 0 Å². The first-order chi connectivity index (χ1) is 17.5. The highest BCUT2D eigenvalue weighted by Gasteiger charge is 2.26. The van der Waals surface area contributed by atoms with Crippen LogP contribution in [0.3, 0.4) is 0 Å². The Balaban J connectivity index is 1.29. The Morgan fingerprint density at radius 1 is 1.06 bits per heavy atom. The molecule has 0 amide bonds. The van der Waals surface area contributed by atoms with Crippen molar-refractivity contribution in [1.29, 1.82) is 0 Å². The second kappa shape index (κ2) is 8.98. The van der Waals surface area contributed by atoms with Crippen LogP contribution < -0.4 is 15.4 Å². The summed E-state index contributed by atoms with van der Waals surface area (Å²) in [6.07, 6.45) is 6.46. The maximum atomic E-state index is 12.7. The van der Waals surface area contributed by atoms with Gasteiger partial charge in [-0.2, -0.15) is 4.52 Å². The Bertz CT molecular complexity index is 1500. The summed E-state index contributed by atoms with van der Waals surface area (Å²) < 4.78 is 7.46. The lowest BCUT2D eigenvalue weighted by Gasteiger charge is -2.36. The molecule has 4 aromatic rings. The van der Waals surface area contributed by atoms with E-state index in [1.54, 1.807) is 6.20 Å². The number of aromatic nitrogens is 5. The molecule has 1 fully saturated rings. The van der Waals surface area contributed by atoms with Gasteiger partial charge in [-0.3, -0.25) is 14.8 Å². The number of morpholine rings is 1. The lowest BCUT2D eigenvalue weighted by Crippen LogP contribution is -2.39. The van der Waals surface area contributed by atoms with Crippen molar-refractivity contribution in [3.63, 3.8) is 0 Å². The minimum atomic E-state index is -0.154. The maximum Gasteiger partial charge on any atom is 0.274 e. The third kappa shape index (κ3) is 3.99. The van der Waals surface area contributed by atoms with Gasteiger partial charge in [0.2, 0.25) is 0 Å². The van der Waals surface area contributed by atoms with E-state index >= 15 is 0 Å². The topological polar surface area (TPSA) is 88.8 Å². The van der Waals surface area contributed by atoms with E-state index in [4.69, 9.17) is 14.8 Å². The predicted molar refractivity (Wildman–Crippen MR) is 138 cm³/mol. The summed E-state index contributed by atoms with van der Waals surface area (Å²) in [4.78, 5) is 30.9. The summed E-state index contributed by atoms with van der Waals surface area (Å²) in [6, 6.07) is 7.79. The maximum absolute atomic E-state index is 12.7. The number of hydrogen-bond donors (Lipinski definition) is 0. The molecule has 6 rings (SSSR count). The molecule has 0 N–H and O–H groups in total. The molecule has 0 aromatic carbocycles. The Hall–Kier alpha value is -3.85. The molecule has 2 aliphatic heterocycles. The van der Waals surface area contributed by atoms with Crippen LogP contribution >= 0.6 is 0 Å². The first-order valence-corrected chi connectivity index (χ1v) is 12.3. The number of fused-ring (bicyclic) bond motifs is 2. The van der Waals surface area contributed by atoms with Crippen molar-refractivity contribution in [2.75, 3.05) is 36.0 Å². The van der Waals surface area contributed by atoms with Crippen molar-refractivity contribution < 1.29 is 4.74 Å². The lowest BCUT2D eigenvalue weighted by atomic mass is 10.0. The fourth-order valence-corrected chi connectivity index (χ4v) is 5.15. The zero-order chi connectivity index (χ0) is 24.8. The molecule has 2 aliphatic rings. The van der Waals surface area contributed by atoms with E-state index in [1.807, 2.05) is 32.3 Å². The summed E-state index contributed by atoms with van der Waals surface area (Å²) in [5.74, 6) is 0.826. The monoisotopic (exact) mass is 483 g/mol. The Kier molecular flexibility index (Phi) is 5.64. The average Bonchev–Trinajstić information content (AvgIpc) is 2.91. The minimum Gasteiger partial charge on any atom is -0.370 e. The molecule has 0 spiro atoms. The van der Waals surface area contributed by atoms with E-state index in [2.05, 4.69) is 38.8 Å². The fourth-order valence-electron chi connectivity index (χ4n) is 5.15. The standard InChI is InChI=1S/C27H29N7O2/c1-17-11-25(35)34-26(30-17)18(2)19(3)27(31-34)33-8-6-23-21(15-33)12-22(14-29-23)32-9-10-36-24(16-32)20-5-4-7-28-13-20/h4-5,7,11-14,24H,6,8-10,15-16H2,1-3H3. The van der Waals surface area contributed by atoms with Gasteiger partial charge in [0.15, 0.2) is 11.5 Å². The first-order valence-electron chi connectivity index (χ1n) is 12.3. The van der Waals surface area contributed by atoms with Gasteiger partial charge in [-0.1, -0.05) is 6.07 Å². The molecule has 9 nitrogen and oxygen atoms in total. The molecule has 0 saturated carbocycles. The summed E-state index contributed by atoms with van der Waals surface area (Å²) in [7, 11) is 0. The molecule has 0 radical (unpaired) electrons. The van der Waals surface area contributed by atoms with Crippen molar-refractivity contribution >= 4 is 17.2 Å².